The molecule has 1 fully saturated rings. The van der Waals surface area contributed by atoms with Crippen LogP contribution in [0, 0.1) is 11.8 Å². The molecule has 1 aromatic carbocycles. The van der Waals surface area contributed by atoms with Crippen LogP contribution in [-0.4, -0.2) is 12.3 Å². The van der Waals surface area contributed by atoms with E-state index in [1.165, 1.54) is 22.0 Å². The summed E-state index contributed by atoms with van der Waals surface area (Å²) in [5.74, 6) is 2.52. The minimum atomic E-state index is -2.27. The molecule has 2 atom stereocenters. The van der Waals surface area contributed by atoms with Crippen molar-refractivity contribution in [1.82, 2.24) is 0 Å². The molecule has 1 aliphatic heterocycles. The zero-order chi connectivity index (χ0) is 17.5. The summed E-state index contributed by atoms with van der Waals surface area (Å²) in [6.45, 7) is 18.1. The Hall–Kier alpha value is -0.550. The van der Waals surface area contributed by atoms with Crippen molar-refractivity contribution in [3.63, 3.8) is 0 Å². The number of hydrogen-bond acceptors (Lipinski definition) is 1. The molecule has 1 aromatic rings. The van der Waals surface area contributed by atoms with E-state index in [2.05, 4.69) is 67.5 Å². The van der Waals surface area contributed by atoms with Gasteiger partial charge in [0.15, 0.2) is 0 Å². The van der Waals surface area contributed by atoms with Crippen LogP contribution < -0.4 is 5.30 Å². The summed E-state index contributed by atoms with van der Waals surface area (Å²) in [4.78, 5) is 0. The third-order valence-electron chi connectivity index (χ3n) is 5.65. The monoisotopic (exact) mass is 334 g/mol. The maximum Gasteiger partial charge on any atom is 0.116 e. The molecule has 1 aliphatic rings. The smallest absolute Gasteiger partial charge is 0.116 e. The Labute approximate surface area is 143 Å². The largest absolute Gasteiger partial charge is 0.319 e. The fourth-order valence-electron chi connectivity index (χ4n) is 3.94. The van der Waals surface area contributed by atoms with Crippen LogP contribution in [-0.2, 0) is 4.57 Å². The zero-order valence-corrected chi connectivity index (χ0v) is 17.2. The van der Waals surface area contributed by atoms with Gasteiger partial charge in [0.25, 0.3) is 0 Å². The predicted molar refractivity (Wildman–Crippen MR) is 104 cm³/mol. The molecule has 0 aliphatic carbocycles. The highest BCUT2D eigenvalue weighted by molar-refractivity contribution is 7.72. The lowest BCUT2D eigenvalue weighted by Gasteiger charge is -2.27. The number of rotatable bonds is 4. The fourth-order valence-corrected chi connectivity index (χ4v) is 8.62. The van der Waals surface area contributed by atoms with Crippen molar-refractivity contribution in [2.24, 2.45) is 11.8 Å². The van der Waals surface area contributed by atoms with Gasteiger partial charge in [-0.05, 0) is 46.3 Å². The Morgan fingerprint density at radius 2 is 1.22 bits per heavy atom. The Kier molecular flexibility index (Phi) is 5.51. The molecule has 0 amide bonds. The lowest BCUT2D eigenvalue weighted by atomic mass is 9.89. The van der Waals surface area contributed by atoms with Gasteiger partial charge >= 0.3 is 0 Å². The van der Waals surface area contributed by atoms with Crippen molar-refractivity contribution in [2.75, 3.05) is 12.3 Å². The molecule has 2 heteroatoms. The van der Waals surface area contributed by atoms with E-state index in [9.17, 15) is 4.57 Å². The van der Waals surface area contributed by atoms with Gasteiger partial charge in [0.2, 0.25) is 0 Å². The van der Waals surface area contributed by atoms with Crippen LogP contribution in [0.4, 0.5) is 0 Å². The molecule has 0 saturated carbocycles. The van der Waals surface area contributed by atoms with E-state index >= 15 is 0 Å². The topological polar surface area (TPSA) is 17.1 Å². The molecule has 1 saturated heterocycles. The molecule has 23 heavy (non-hydrogen) atoms. The van der Waals surface area contributed by atoms with Crippen molar-refractivity contribution in [3.05, 3.63) is 28.8 Å². The van der Waals surface area contributed by atoms with Crippen LogP contribution in [0.15, 0.2) is 12.1 Å². The molecule has 0 spiro atoms. The van der Waals surface area contributed by atoms with Crippen LogP contribution in [0.25, 0.3) is 0 Å². The van der Waals surface area contributed by atoms with Crippen molar-refractivity contribution in [2.45, 2.75) is 73.1 Å². The van der Waals surface area contributed by atoms with E-state index < -0.39 is 7.14 Å². The van der Waals surface area contributed by atoms with E-state index in [0.717, 1.165) is 12.3 Å². The fraction of sp³-hybridized carbons (Fsp3) is 0.714. The predicted octanol–water partition coefficient (Wildman–Crippen LogP) is 6.33. The molecule has 2 unspecified atom stereocenters. The van der Waals surface area contributed by atoms with Crippen molar-refractivity contribution >= 4 is 12.4 Å². The minimum Gasteiger partial charge on any atom is -0.319 e. The normalized spacial score (nSPS) is 28.3. The van der Waals surface area contributed by atoms with Gasteiger partial charge in [0.05, 0.1) is 0 Å². The van der Waals surface area contributed by atoms with Crippen LogP contribution in [0.2, 0.25) is 0 Å². The van der Waals surface area contributed by atoms with Gasteiger partial charge < -0.3 is 4.57 Å². The molecule has 2 rings (SSSR count). The van der Waals surface area contributed by atoms with E-state index in [1.54, 1.807) is 0 Å². The molecule has 130 valence electrons. The lowest BCUT2D eigenvalue weighted by Crippen LogP contribution is -2.22. The first-order valence-electron chi connectivity index (χ1n) is 9.33. The van der Waals surface area contributed by atoms with Crippen LogP contribution in [0.3, 0.4) is 0 Å². The highest BCUT2D eigenvalue weighted by Gasteiger charge is 2.41. The Balaban J connectivity index is 2.73. The van der Waals surface area contributed by atoms with E-state index in [1.807, 2.05) is 0 Å². The Bertz CT molecular complexity index is 569. The van der Waals surface area contributed by atoms with E-state index in [-0.39, 0.29) is 0 Å². The second-order valence-corrected chi connectivity index (χ2v) is 11.7. The van der Waals surface area contributed by atoms with Crippen molar-refractivity contribution in [3.8, 4) is 0 Å². The van der Waals surface area contributed by atoms with Crippen molar-refractivity contribution in [1.29, 1.82) is 0 Å². The van der Waals surface area contributed by atoms with Crippen LogP contribution in [0.5, 0.6) is 0 Å². The maximum absolute atomic E-state index is 14.0. The standard InChI is InChI=1S/C21H35OP/c1-13(2)18-9-19(14(3)4)21(20(10-18)15(5)6)23(22)11-16(7)17(8)12-23/h9-10,13-17H,11-12H2,1-8H3. The zero-order valence-electron chi connectivity index (χ0n) is 16.3. The minimum absolute atomic E-state index is 0.429. The quantitative estimate of drug-likeness (QED) is 0.588. The third kappa shape index (κ3) is 3.60. The third-order valence-corrected chi connectivity index (χ3v) is 9.31. The summed E-state index contributed by atoms with van der Waals surface area (Å²) >= 11 is 0. The summed E-state index contributed by atoms with van der Waals surface area (Å²) in [5, 5.41) is 1.25. The molecule has 0 bridgehead atoms. The summed E-state index contributed by atoms with van der Waals surface area (Å²) < 4.78 is 14.0. The van der Waals surface area contributed by atoms with Gasteiger partial charge in [0.1, 0.15) is 7.14 Å². The maximum atomic E-state index is 14.0. The molecule has 1 heterocycles. The van der Waals surface area contributed by atoms with Gasteiger partial charge in [-0.1, -0.05) is 67.5 Å². The highest BCUT2D eigenvalue weighted by atomic mass is 31.2. The number of benzene rings is 1. The Morgan fingerprint density at radius 3 is 1.52 bits per heavy atom. The van der Waals surface area contributed by atoms with Gasteiger partial charge in [-0.25, -0.2) is 0 Å². The second kappa shape index (κ2) is 6.75. The first-order chi connectivity index (χ1) is 10.6. The van der Waals surface area contributed by atoms with E-state index in [4.69, 9.17) is 0 Å². The number of hydrogen-bond donors (Lipinski definition) is 0. The summed E-state index contributed by atoms with van der Waals surface area (Å²) in [7, 11) is -2.27. The van der Waals surface area contributed by atoms with Gasteiger partial charge in [-0.3, -0.25) is 0 Å². The molecule has 0 aromatic heterocycles. The molecule has 1 nitrogen and oxygen atoms in total. The van der Waals surface area contributed by atoms with Gasteiger partial charge in [0, 0.05) is 17.6 Å². The lowest BCUT2D eigenvalue weighted by molar-refractivity contribution is 0.494. The SMILES string of the molecule is CC(C)c1cc(C(C)C)c(P2(=O)CC(C)C(C)C2)c(C(C)C)c1. The summed E-state index contributed by atoms with van der Waals surface area (Å²) in [5.41, 5.74) is 4.10. The molecule has 0 N–H and O–H groups in total. The molecule has 0 radical (unpaired) electrons. The highest BCUT2D eigenvalue weighted by Crippen LogP contribution is 2.57. The first-order valence-corrected chi connectivity index (χ1v) is 11.4. The van der Waals surface area contributed by atoms with E-state index in [0.29, 0.717) is 29.6 Å². The second-order valence-electron chi connectivity index (χ2n) is 8.72. The van der Waals surface area contributed by atoms with Crippen LogP contribution >= 0.6 is 7.14 Å². The van der Waals surface area contributed by atoms with Gasteiger partial charge in [-0.2, -0.15) is 0 Å². The van der Waals surface area contributed by atoms with Crippen molar-refractivity contribution < 1.29 is 4.57 Å². The first kappa shape index (κ1) is 18.8. The van der Waals surface area contributed by atoms with Gasteiger partial charge in [-0.15, -0.1) is 0 Å². The average molecular weight is 334 g/mol. The Morgan fingerprint density at radius 1 is 0.826 bits per heavy atom. The average Bonchev–Trinajstić information content (AvgIpc) is 2.71. The molecular weight excluding hydrogens is 299 g/mol. The molecular formula is C21H35OP. The summed E-state index contributed by atoms with van der Waals surface area (Å²) in [6.07, 6.45) is 1.79. The van der Waals surface area contributed by atoms with Crippen LogP contribution in [0.1, 0.15) is 89.8 Å². The summed E-state index contributed by atoms with van der Waals surface area (Å²) in [6, 6.07) is 4.70.